The van der Waals surface area contributed by atoms with E-state index < -0.39 is 5.97 Å². The third-order valence-corrected chi connectivity index (χ3v) is 3.96. The number of carbonyl (C=O) groups is 1. The maximum Gasteiger partial charge on any atom is 0.306 e. The molecule has 106 valence electrons. The summed E-state index contributed by atoms with van der Waals surface area (Å²) in [7, 11) is 0. The molecule has 1 saturated carbocycles. The second-order valence-electron chi connectivity index (χ2n) is 5.41. The van der Waals surface area contributed by atoms with E-state index in [4.69, 9.17) is 5.11 Å². The van der Waals surface area contributed by atoms with Crippen LogP contribution in [0, 0.1) is 11.8 Å². The van der Waals surface area contributed by atoms with E-state index in [1.54, 1.807) is 6.20 Å². The Hall–Kier alpha value is -1.36. The molecule has 5 heteroatoms. The van der Waals surface area contributed by atoms with Gasteiger partial charge < -0.3 is 15.0 Å². The average Bonchev–Trinajstić information content (AvgIpc) is 2.92. The van der Waals surface area contributed by atoms with E-state index in [1.165, 1.54) is 0 Å². The predicted octanol–water partition coefficient (Wildman–Crippen LogP) is 1.75. The molecule has 1 aliphatic rings. The smallest absolute Gasteiger partial charge is 0.306 e. The summed E-state index contributed by atoms with van der Waals surface area (Å²) < 4.78 is 2.08. The minimum Gasteiger partial charge on any atom is -0.481 e. The molecule has 0 aromatic carbocycles. The number of rotatable bonds is 7. The number of imidazole rings is 1. The van der Waals surface area contributed by atoms with Crippen LogP contribution >= 0.6 is 0 Å². The first-order valence-corrected chi connectivity index (χ1v) is 7.15. The van der Waals surface area contributed by atoms with Crippen LogP contribution in [0.5, 0.6) is 0 Å². The molecule has 1 aromatic rings. The van der Waals surface area contributed by atoms with Crippen molar-refractivity contribution in [3.63, 3.8) is 0 Å². The van der Waals surface area contributed by atoms with Crippen molar-refractivity contribution in [2.75, 3.05) is 13.1 Å². The number of aryl methyl sites for hydroxylation is 1. The molecule has 2 rings (SSSR count). The molecule has 0 amide bonds. The van der Waals surface area contributed by atoms with Gasteiger partial charge in [-0.25, -0.2) is 4.98 Å². The van der Waals surface area contributed by atoms with Gasteiger partial charge in [-0.05, 0) is 51.1 Å². The molecule has 2 N–H and O–H groups in total. The Morgan fingerprint density at radius 2 is 2.16 bits per heavy atom. The molecule has 1 aliphatic carbocycles. The van der Waals surface area contributed by atoms with Gasteiger partial charge in [0.25, 0.3) is 0 Å². The van der Waals surface area contributed by atoms with E-state index in [0.29, 0.717) is 5.92 Å². The largest absolute Gasteiger partial charge is 0.481 e. The van der Waals surface area contributed by atoms with Crippen LogP contribution in [0.15, 0.2) is 18.7 Å². The molecule has 0 atom stereocenters. The van der Waals surface area contributed by atoms with Gasteiger partial charge in [0.15, 0.2) is 0 Å². The van der Waals surface area contributed by atoms with Crippen molar-refractivity contribution in [2.24, 2.45) is 11.8 Å². The van der Waals surface area contributed by atoms with Crippen LogP contribution < -0.4 is 5.32 Å². The highest BCUT2D eigenvalue weighted by atomic mass is 16.4. The van der Waals surface area contributed by atoms with E-state index >= 15 is 0 Å². The molecule has 0 aliphatic heterocycles. The summed E-state index contributed by atoms with van der Waals surface area (Å²) in [5, 5.41) is 12.4. The third kappa shape index (κ3) is 4.67. The lowest BCUT2D eigenvalue weighted by Crippen LogP contribution is -2.29. The molecule has 0 unspecified atom stereocenters. The maximum absolute atomic E-state index is 10.8. The van der Waals surface area contributed by atoms with Crippen LogP contribution in [0.3, 0.4) is 0 Å². The summed E-state index contributed by atoms with van der Waals surface area (Å²) >= 11 is 0. The lowest BCUT2D eigenvalue weighted by atomic mass is 9.82. The maximum atomic E-state index is 10.8. The molecule has 0 spiro atoms. The first-order chi connectivity index (χ1) is 9.25. The molecule has 0 saturated heterocycles. The van der Waals surface area contributed by atoms with Gasteiger partial charge in [-0.15, -0.1) is 0 Å². The fourth-order valence-corrected chi connectivity index (χ4v) is 2.73. The van der Waals surface area contributed by atoms with Crippen molar-refractivity contribution >= 4 is 5.97 Å². The molecule has 5 nitrogen and oxygen atoms in total. The topological polar surface area (TPSA) is 67.2 Å². The van der Waals surface area contributed by atoms with Gasteiger partial charge in [-0.3, -0.25) is 4.79 Å². The van der Waals surface area contributed by atoms with Crippen LogP contribution in [0.1, 0.15) is 32.1 Å². The Bertz CT molecular complexity index is 370. The van der Waals surface area contributed by atoms with Crippen molar-refractivity contribution in [3.8, 4) is 0 Å². The van der Waals surface area contributed by atoms with Crippen molar-refractivity contribution in [1.82, 2.24) is 14.9 Å². The van der Waals surface area contributed by atoms with Gasteiger partial charge in [0, 0.05) is 18.9 Å². The van der Waals surface area contributed by atoms with E-state index in [1.807, 2.05) is 12.5 Å². The number of nitrogens with one attached hydrogen (secondary N) is 1. The zero-order chi connectivity index (χ0) is 13.5. The Kier molecular flexibility index (Phi) is 5.39. The van der Waals surface area contributed by atoms with Gasteiger partial charge in [-0.1, -0.05) is 0 Å². The zero-order valence-electron chi connectivity index (χ0n) is 11.3. The highest BCUT2D eigenvalue weighted by molar-refractivity contribution is 5.69. The second-order valence-corrected chi connectivity index (χ2v) is 5.41. The van der Waals surface area contributed by atoms with Crippen molar-refractivity contribution in [1.29, 1.82) is 0 Å². The van der Waals surface area contributed by atoms with Gasteiger partial charge >= 0.3 is 5.97 Å². The van der Waals surface area contributed by atoms with Gasteiger partial charge in [-0.2, -0.15) is 0 Å². The van der Waals surface area contributed by atoms with Crippen molar-refractivity contribution in [2.45, 2.75) is 38.6 Å². The fraction of sp³-hybridized carbons (Fsp3) is 0.714. The predicted molar refractivity (Wildman–Crippen MR) is 72.8 cm³/mol. The van der Waals surface area contributed by atoms with Gasteiger partial charge in [0.1, 0.15) is 0 Å². The number of aromatic nitrogens is 2. The Labute approximate surface area is 114 Å². The number of hydrogen-bond acceptors (Lipinski definition) is 3. The summed E-state index contributed by atoms with van der Waals surface area (Å²) in [5.41, 5.74) is 0. The van der Waals surface area contributed by atoms with Crippen LogP contribution in [0.4, 0.5) is 0 Å². The minimum atomic E-state index is -0.619. The number of nitrogens with zero attached hydrogens (tertiary/aromatic N) is 2. The van der Waals surface area contributed by atoms with Gasteiger partial charge in [0.05, 0.1) is 12.2 Å². The fourth-order valence-electron chi connectivity index (χ4n) is 2.73. The minimum absolute atomic E-state index is 0.0995. The Morgan fingerprint density at radius 1 is 1.37 bits per heavy atom. The summed E-state index contributed by atoms with van der Waals surface area (Å²) in [6, 6.07) is 0. The number of aliphatic carboxylic acids is 1. The average molecular weight is 265 g/mol. The van der Waals surface area contributed by atoms with Gasteiger partial charge in [0.2, 0.25) is 0 Å². The summed E-state index contributed by atoms with van der Waals surface area (Å²) in [6.07, 6.45) is 10.5. The van der Waals surface area contributed by atoms with Crippen LogP contribution in [-0.4, -0.2) is 33.7 Å². The Balaban J connectivity index is 1.51. The Morgan fingerprint density at radius 3 is 2.79 bits per heavy atom. The third-order valence-electron chi connectivity index (χ3n) is 3.96. The number of hydrogen-bond donors (Lipinski definition) is 2. The highest BCUT2D eigenvalue weighted by Gasteiger charge is 2.25. The van der Waals surface area contributed by atoms with Crippen molar-refractivity contribution in [3.05, 3.63) is 18.7 Å². The van der Waals surface area contributed by atoms with E-state index in [-0.39, 0.29) is 5.92 Å². The molecule has 1 aromatic heterocycles. The number of carboxylic acids is 1. The molecule has 1 heterocycles. The quantitative estimate of drug-likeness (QED) is 0.737. The second kappa shape index (κ2) is 7.28. The summed E-state index contributed by atoms with van der Waals surface area (Å²) in [6.45, 7) is 3.03. The molecule has 0 bridgehead atoms. The monoisotopic (exact) mass is 265 g/mol. The molecular weight excluding hydrogens is 242 g/mol. The van der Waals surface area contributed by atoms with E-state index in [2.05, 4.69) is 14.9 Å². The lowest BCUT2D eigenvalue weighted by Gasteiger charge is -2.26. The van der Waals surface area contributed by atoms with Crippen LogP contribution in [-0.2, 0) is 11.3 Å². The molecular formula is C14H23N3O2. The zero-order valence-corrected chi connectivity index (χ0v) is 11.3. The summed E-state index contributed by atoms with van der Waals surface area (Å²) in [5.74, 6) is -0.0620. The highest BCUT2D eigenvalue weighted by Crippen LogP contribution is 2.28. The SMILES string of the molecule is O=C(O)C1CCC(CNCCCn2ccnc2)CC1. The van der Waals surface area contributed by atoms with E-state index in [0.717, 1.165) is 51.7 Å². The van der Waals surface area contributed by atoms with Crippen LogP contribution in [0.2, 0.25) is 0 Å². The van der Waals surface area contributed by atoms with Crippen LogP contribution in [0.25, 0.3) is 0 Å². The summed E-state index contributed by atoms with van der Waals surface area (Å²) in [4.78, 5) is 14.9. The van der Waals surface area contributed by atoms with Crippen molar-refractivity contribution < 1.29 is 9.90 Å². The normalized spacial score (nSPS) is 23.4. The molecule has 19 heavy (non-hydrogen) atoms. The first-order valence-electron chi connectivity index (χ1n) is 7.15. The molecule has 0 radical (unpaired) electrons. The lowest BCUT2D eigenvalue weighted by molar-refractivity contribution is -0.143. The van der Waals surface area contributed by atoms with E-state index in [9.17, 15) is 4.79 Å². The first kappa shape index (κ1) is 14.1. The number of carboxylic acid groups (broad SMARTS) is 1. The molecule has 1 fully saturated rings. The standard InChI is InChI=1S/C14H23N3O2/c18-14(19)13-4-2-12(3-5-13)10-15-6-1-8-17-9-7-16-11-17/h7,9,11-13,15H,1-6,8,10H2,(H,18,19).